The van der Waals surface area contributed by atoms with Crippen LogP contribution < -0.4 is 0 Å². The minimum absolute atomic E-state index is 0.00218. The normalized spacial score (nSPS) is 29.3. The fraction of sp³-hybridized carbons (Fsp3) is 0.632. The molecule has 3 rings (SSSR count). The summed E-state index contributed by atoms with van der Waals surface area (Å²) in [6.45, 7) is 1.43. The van der Waals surface area contributed by atoms with Crippen molar-refractivity contribution in [3.8, 4) is 0 Å². The van der Waals surface area contributed by atoms with Gasteiger partial charge in [-0.15, -0.1) is 0 Å². The molecule has 7 heteroatoms. The van der Waals surface area contributed by atoms with Crippen molar-refractivity contribution in [1.82, 2.24) is 0 Å². The maximum absolute atomic E-state index is 13.7. The van der Waals surface area contributed by atoms with Gasteiger partial charge in [0, 0.05) is 25.2 Å². The van der Waals surface area contributed by atoms with E-state index in [0.29, 0.717) is 17.4 Å². The lowest BCUT2D eigenvalue weighted by Gasteiger charge is -2.33. The lowest BCUT2D eigenvalue weighted by Crippen LogP contribution is -2.46. The van der Waals surface area contributed by atoms with E-state index in [1.54, 1.807) is 0 Å². The molecule has 0 radical (unpaired) electrons. The van der Waals surface area contributed by atoms with Crippen molar-refractivity contribution in [2.24, 2.45) is 5.92 Å². The van der Waals surface area contributed by atoms with Gasteiger partial charge in [-0.05, 0) is 24.1 Å². The molecular weight excluding hydrogens is 347 g/mol. The Bertz CT molecular complexity index is 677. The van der Waals surface area contributed by atoms with E-state index in [-0.39, 0.29) is 24.5 Å². The molecule has 0 bridgehead atoms. The number of carbonyl (C=O) groups excluding carboxylic acids is 1. The van der Waals surface area contributed by atoms with E-state index >= 15 is 0 Å². The monoisotopic (exact) mass is 372 g/mol. The summed E-state index contributed by atoms with van der Waals surface area (Å²) >= 11 is 0. The second-order valence-electron chi connectivity index (χ2n) is 8.23. The topological polar surface area (TPSA) is 46.5 Å². The van der Waals surface area contributed by atoms with Crippen molar-refractivity contribution >= 4 is 5.97 Å². The number of aliphatic hydroxyl groups is 1. The minimum Gasteiger partial charge on any atom is -0.454 e. The van der Waals surface area contributed by atoms with Crippen LogP contribution in [-0.4, -0.2) is 54.8 Å². The van der Waals surface area contributed by atoms with Crippen LogP contribution in [0.5, 0.6) is 0 Å². The number of benzene rings is 1. The summed E-state index contributed by atoms with van der Waals surface area (Å²) in [6, 6.07) is 4.75. The first-order valence-electron chi connectivity index (χ1n) is 8.91. The first-order valence-corrected chi connectivity index (χ1v) is 8.91. The standard InChI is InChI=1S/C19H25F3NO3/c1-23(2)10-8-16(12-23)26-17(24)19(25,13-3-5-15(20)6-4-13)14-7-9-18(21,22)11-14/h3-6,14,16,25H,7-12H2,1-2H3/q+1/t14-,16+,19+/m1/s1. The van der Waals surface area contributed by atoms with Gasteiger partial charge >= 0.3 is 5.97 Å². The number of hydrogen-bond acceptors (Lipinski definition) is 3. The highest BCUT2D eigenvalue weighted by molar-refractivity contribution is 5.82. The van der Waals surface area contributed by atoms with Gasteiger partial charge in [-0.1, -0.05) is 12.1 Å². The third kappa shape index (κ3) is 3.74. The van der Waals surface area contributed by atoms with Crippen LogP contribution in [0.25, 0.3) is 0 Å². The molecule has 0 amide bonds. The Morgan fingerprint density at radius 2 is 1.92 bits per heavy atom. The maximum Gasteiger partial charge on any atom is 0.343 e. The summed E-state index contributed by atoms with van der Waals surface area (Å²) in [5.74, 6) is -5.35. The number of ether oxygens (including phenoxy) is 1. The van der Waals surface area contributed by atoms with E-state index in [1.807, 2.05) is 14.1 Å². The Labute approximate surface area is 151 Å². The molecule has 1 N–H and O–H groups in total. The van der Waals surface area contributed by atoms with Crippen LogP contribution >= 0.6 is 0 Å². The van der Waals surface area contributed by atoms with Crippen LogP contribution in [0.2, 0.25) is 0 Å². The molecule has 1 saturated heterocycles. The zero-order valence-electron chi connectivity index (χ0n) is 15.1. The predicted octanol–water partition coefficient (Wildman–Crippen LogP) is 2.84. The van der Waals surface area contributed by atoms with Crippen LogP contribution in [0.1, 0.15) is 31.2 Å². The Kier molecular flexibility index (Phi) is 4.82. The highest BCUT2D eigenvalue weighted by Gasteiger charge is 2.55. The molecule has 1 heterocycles. The molecule has 4 nitrogen and oxygen atoms in total. The van der Waals surface area contributed by atoms with E-state index < -0.39 is 35.6 Å². The van der Waals surface area contributed by atoms with Crippen molar-refractivity contribution in [1.29, 1.82) is 0 Å². The average molecular weight is 372 g/mol. The van der Waals surface area contributed by atoms with E-state index in [0.717, 1.165) is 18.7 Å². The summed E-state index contributed by atoms with van der Waals surface area (Å²) in [5, 5.41) is 11.2. The number of nitrogens with zero attached hydrogens (tertiary/aromatic N) is 1. The third-order valence-corrected chi connectivity index (χ3v) is 5.62. The molecule has 2 fully saturated rings. The molecule has 1 saturated carbocycles. The van der Waals surface area contributed by atoms with Crippen LogP contribution in [-0.2, 0) is 15.1 Å². The molecule has 144 valence electrons. The van der Waals surface area contributed by atoms with Gasteiger partial charge in [-0.2, -0.15) is 0 Å². The number of carbonyl (C=O) groups is 1. The molecule has 0 aromatic heterocycles. The Balaban J connectivity index is 1.87. The third-order valence-electron chi connectivity index (χ3n) is 5.62. The molecular formula is C19H25F3NO3+. The number of halogens is 3. The number of quaternary nitrogens is 1. The second-order valence-corrected chi connectivity index (χ2v) is 8.23. The van der Waals surface area contributed by atoms with Crippen molar-refractivity contribution in [3.05, 3.63) is 35.6 Å². The molecule has 0 spiro atoms. The smallest absolute Gasteiger partial charge is 0.343 e. The molecule has 1 aliphatic heterocycles. The lowest BCUT2D eigenvalue weighted by molar-refractivity contribution is -0.879. The maximum atomic E-state index is 13.7. The summed E-state index contributed by atoms with van der Waals surface area (Å²) in [5.41, 5.74) is -2.11. The number of likely N-dealkylation sites (tertiary alicyclic amines) is 1. The first kappa shape index (κ1) is 19.2. The lowest BCUT2D eigenvalue weighted by atomic mass is 9.80. The Hall–Kier alpha value is -1.60. The molecule has 1 aromatic carbocycles. The van der Waals surface area contributed by atoms with Gasteiger partial charge in [0.15, 0.2) is 11.7 Å². The Morgan fingerprint density at radius 3 is 2.42 bits per heavy atom. The second kappa shape index (κ2) is 6.53. The van der Waals surface area contributed by atoms with Gasteiger partial charge in [0.05, 0.1) is 20.6 Å². The van der Waals surface area contributed by atoms with Gasteiger partial charge in [0.1, 0.15) is 12.4 Å². The molecule has 1 aromatic rings. The highest BCUT2D eigenvalue weighted by atomic mass is 19.3. The van der Waals surface area contributed by atoms with Crippen LogP contribution in [0.4, 0.5) is 13.2 Å². The minimum atomic E-state index is -2.93. The SMILES string of the molecule is C[N+]1(C)CC[C@H](OC(=O)[C@](O)(c2ccc(F)cc2)[C@@H]2CCC(F)(F)C2)C1. The van der Waals surface area contributed by atoms with Crippen molar-refractivity contribution in [3.63, 3.8) is 0 Å². The van der Waals surface area contributed by atoms with Crippen LogP contribution in [0.15, 0.2) is 24.3 Å². The Morgan fingerprint density at radius 1 is 1.27 bits per heavy atom. The zero-order valence-corrected chi connectivity index (χ0v) is 15.1. The molecule has 2 aliphatic rings. The van der Waals surface area contributed by atoms with Gasteiger partial charge in [-0.25, -0.2) is 18.0 Å². The van der Waals surface area contributed by atoms with Crippen LogP contribution in [0, 0.1) is 11.7 Å². The fourth-order valence-electron chi connectivity index (χ4n) is 4.10. The molecule has 3 atom stereocenters. The van der Waals surface area contributed by atoms with Gasteiger partial charge in [0.2, 0.25) is 5.92 Å². The number of hydrogen-bond donors (Lipinski definition) is 1. The quantitative estimate of drug-likeness (QED) is 0.653. The van der Waals surface area contributed by atoms with E-state index in [1.165, 1.54) is 12.1 Å². The number of likely N-dealkylation sites (N-methyl/N-ethyl adjacent to an activating group) is 1. The van der Waals surface area contributed by atoms with Gasteiger partial charge in [-0.3, -0.25) is 0 Å². The zero-order chi connectivity index (χ0) is 19.2. The van der Waals surface area contributed by atoms with Crippen LogP contribution in [0.3, 0.4) is 0 Å². The predicted molar refractivity (Wildman–Crippen MR) is 88.9 cm³/mol. The highest BCUT2D eigenvalue weighted by Crippen LogP contribution is 2.48. The van der Waals surface area contributed by atoms with E-state index in [9.17, 15) is 23.1 Å². The largest absolute Gasteiger partial charge is 0.454 e. The van der Waals surface area contributed by atoms with Gasteiger partial charge < -0.3 is 14.3 Å². The fourth-order valence-corrected chi connectivity index (χ4v) is 4.10. The molecule has 26 heavy (non-hydrogen) atoms. The molecule has 0 unspecified atom stereocenters. The molecule has 1 aliphatic carbocycles. The summed E-state index contributed by atoms with van der Waals surface area (Å²) in [6.07, 6.45) is -0.697. The van der Waals surface area contributed by atoms with Crippen molar-refractivity contribution in [2.75, 3.05) is 27.2 Å². The van der Waals surface area contributed by atoms with Gasteiger partial charge in [0.25, 0.3) is 0 Å². The van der Waals surface area contributed by atoms with Crippen molar-refractivity contribution in [2.45, 2.75) is 43.3 Å². The first-order chi connectivity index (χ1) is 12.0. The summed E-state index contributed by atoms with van der Waals surface area (Å²) in [4.78, 5) is 12.9. The number of rotatable bonds is 4. The van der Waals surface area contributed by atoms with Crippen molar-refractivity contribution < 1.29 is 32.3 Å². The summed E-state index contributed by atoms with van der Waals surface area (Å²) < 4.78 is 47.0. The number of alkyl halides is 2. The van der Waals surface area contributed by atoms with E-state index in [4.69, 9.17) is 4.74 Å². The number of esters is 1. The summed E-state index contributed by atoms with van der Waals surface area (Å²) in [7, 11) is 4.02. The average Bonchev–Trinajstić information content (AvgIpc) is 3.08. The van der Waals surface area contributed by atoms with E-state index in [2.05, 4.69) is 0 Å².